The Morgan fingerprint density at radius 1 is 1.31 bits per heavy atom. The highest BCUT2D eigenvalue weighted by Gasteiger charge is 2.39. The molecule has 1 rings (SSSR count). The minimum absolute atomic E-state index is 0.570. The molecule has 1 heterocycles. The van der Waals surface area contributed by atoms with Crippen molar-refractivity contribution in [2.24, 2.45) is 0 Å². The maximum atomic E-state index is 11.7. The fourth-order valence-electron chi connectivity index (χ4n) is 1.53. The fraction of sp³-hybridized carbons (Fsp3) is 0.818. The number of ether oxygens (including phenoxy) is 2. The standard InChI is InChI=1S/C11H19NO4/c1-10(2,3)16-9(14)15-8(13)11(4)6-5-7-12-11/h12H,5-7H2,1-4H3/t11-/m0/s1. The van der Waals surface area contributed by atoms with Crippen LogP contribution in [-0.4, -0.2) is 29.8 Å². The van der Waals surface area contributed by atoms with Crippen molar-refractivity contribution < 1.29 is 19.1 Å². The average molecular weight is 229 g/mol. The minimum atomic E-state index is -0.938. The second kappa shape index (κ2) is 4.41. The molecular formula is C11H19NO4. The van der Waals surface area contributed by atoms with E-state index in [0.717, 1.165) is 13.0 Å². The molecule has 1 aliphatic heterocycles. The first kappa shape index (κ1) is 13.0. The van der Waals surface area contributed by atoms with E-state index in [4.69, 9.17) is 4.74 Å². The summed E-state index contributed by atoms with van der Waals surface area (Å²) >= 11 is 0. The Morgan fingerprint density at radius 3 is 2.38 bits per heavy atom. The van der Waals surface area contributed by atoms with Gasteiger partial charge in [-0.3, -0.25) is 0 Å². The number of esters is 1. The zero-order chi connectivity index (χ0) is 12.4. The molecule has 0 unspecified atom stereocenters. The Kier molecular flexibility index (Phi) is 3.57. The number of carbonyl (C=O) groups excluding carboxylic acids is 2. The summed E-state index contributed by atoms with van der Waals surface area (Å²) in [6, 6.07) is 0. The zero-order valence-electron chi connectivity index (χ0n) is 10.3. The number of hydrogen-bond donors (Lipinski definition) is 1. The van der Waals surface area contributed by atoms with E-state index in [0.29, 0.717) is 6.42 Å². The van der Waals surface area contributed by atoms with E-state index < -0.39 is 23.3 Å². The maximum absolute atomic E-state index is 11.7. The predicted molar refractivity (Wildman–Crippen MR) is 58.0 cm³/mol. The Hall–Kier alpha value is -1.10. The summed E-state index contributed by atoms with van der Waals surface area (Å²) in [4.78, 5) is 23.0. The van der Waals surface area contributed by atoms with E-state index in [-0.39, 0.29) is 0 Å². The minimum Gasteiger partial charge on any atom is -0.428 e. The highest BCUT2D eigenvalue weighted by Crippen LogP contribution is 2.20. The van der Waals surface area contributed by atoms with E-state index in [2.05, 4.69) is 10.1 Å². The first-order valence-electron chi connectivity index (χ1n) is 5.43. The van der Waals surface area contributed by atoms with Crippen LogP contribution < -0.4 is 5.32 Å². The SMILES string of the molecule is CC(C)(C)OC(=O)OC(=O)[C@]1(C)CCCN1. The summed E-state index contributed by atoms with van der Waals surface area (Å²) < 4.78 is 9.55. The van der Waals surface area contributed by atoms with Crippen molar-refractivity contribution in [1.29, 1.82) is 0 Å². The molecule has 0 aliphatic carbocycles. The molecule has 0 aromatic carbocycles. The van der Waals surface area contributed by atoms with Crippen molar-refractivity contribution in [3.63, 3.8) is 0 Å². The summed E-state index contributed by atoms with van der Waals surface area (Å²) in [6.45, 7) is 7.64. The lowest BCUT2D eigenvalue weighted by Gasteiger charge is -2.23. The lowest BCUT2D eigenvalue weighted by Crippen LogP contribution is -2.46. The van der Waals surface area contributed by atoms with Crippen LogP contribution >= 0.6 is 0 Å². The average Bonchev–Trinajstić information content (AvgIpc) is 2.49. The molecule has 0 saturated carbocycles. The van der Waals surface area contributed by atoms with Crippen LogP contribution in [0.25, 0.3) is 0 Å². The molecule has 0 aromatic rings. The lowest BCUT2D eigenvalue weighted by atomic mass is 10.0. The molecule has 5 nitrogen and oxygen atoms in total. The van der Waals surface area contributed by atoms with Crippen molar-refractivity contribution in [2.45, 2.75) is 51.7 Å². The smallest absolute Gasteiger partial charge is 0.428 e. The van der Waals surface area contributed by atoms with Gasteiger partial charge in [-0.25, -0.2) is 9.59 Å². The molecule has 1 saturated heterocycles. The molecule has 1 N–H and O–H groups in total. The number of rotatable bonds is 1. The molecule has 0 aromatic heterocycles. The lowest BCUT2D eigenvalue weighted by molar-refractivity contribution is -0.147. The second-order valence-electron chi connectivity index (χ2n) is 5.22. The second-order valence-corrected chi connectivity index (χ2v) is 5.22. The first-order valence-corrected chi connectivity index (χ1v) is 5.43. The van der Waals surface area contributed by atoms with Gasteiger partial charge in [-0.15, -0.1) is 0 Å². The van der Waals surface area contributed by atoms with E-state index in [1.54, 1.807) is 27.7 Å². The van der Waals surface area contributed by atoms with Crippen LogP contribution in [0, 0.1) is 0 Å². The Bertz CT molecular complexity index is 287. The molecule has 0 bridgehead atoms. The van der Waals surface area contributed by atoms with Gasteiger partial charge in [0.25, 0.3) is 0 Å². The summed E-state index contributed by atoms with van der Waals surface area (Å²) in [5.74, 6) is -0.570. The summed E-state index contributed by atoms with van der Waals surface area (Å²) in [5, 5.41) is 3.02. The molecule has 16 heavy (non-hydrogen) atoms. The third-order valence-electron chi connectivity index (χ3n) is 2.38. The first-order chi connectivity index (χ1) is 7.23. The monoisotopic (exact) mass is 229 g/mol. The van der Waals surface area contributed by atoms with E-state index in [1.807, 2.05) is 0 Å². The van der Waals surface area contributed by atoms with Gasteiger partial charge in [0.05, 0.1) is 0 Å². The predicted octanol–water partition coefficient (Wildman–Crippen LogP) is 1.61. The van der Waals surface area contributed by atoms with E-state index in [1.165, 1.54) is 0 Å². The molecule has 1 atom stereocenters. The summed E-state index contributed by atoms with van der Waals surface area (Å²) in [6.07, 6.45) is 0.640. The van der Waals surface area contributed by atoms with Crippen molar-refractivity contribution in [2.75, 3.05) is 6.54 Å². The van der Waals surface area contributed by atoms with Crippen molar-refractivity contribution >= 4 is 12.1 Å². The fourth-order valence-corrected chi connectivity index (χ4v) is 1.53. The highest BCUT2D eigenvalue weighted by molar-refractivity contribution is 5.88. The van der Waals surface area contributed by atoms with Crippen LogP contribution in [0.3, 0.4) is 0 Å². The molecule has 5 heteroatoms. The van der Waals surface area contributed by atoms with Crippen LogP contribution in [0.1, 0.15) is 40.5 Å². The summed E-state index contributed by atoms with van der Waals surface area (Å²) in [5.41, 5.74) is -1.40. The van der Waals surface area contributed by atoms with E-state index in [9.17, 15) is 9.59 Å². The van der Waals surface area contributed by atoms with Gasteiger partial charge in [0, 0.05) is 0 Å². The van der Waals surface area contributed by atoms with Gasteiger partial charge in [0.1, 0.15) is 11.1 Å². The quantitative estimate of drug-likeness (QED) is 0.546. The van der Waals surface area contributed by atoms with Crippen LogP contribution in [0.15, 0.2) is 0 Å². The molecule has 0 spiro atoms. The van der Waals surface area contributed by atoms with Crippen LogP contribution in [0.5, 0.6) is 0 Å². The topological polar surface area (TPSA) is 64.6 Å². The van der Waals surface area contributed by atoms with Crippen molar-refractivity contribution in [1.82, 2.24) is 5.32 Å². The van der Waals surface area contributed by atoms with Gasteiger partial charge in [-0.2, -0.15) is 0 Å². The van der Waals surface area contributed by atoms with Crippen LogP contribution in [0.4, 0.5) is 4.79 Å². The molecule has 0 amide bonds. The Balaban J connectivity index is 2.48. The molecular weight excluding hydrogens is 210 g/mol. The Morgan fingerprint density at radius 2 is 1.94 bits per heavy atom. The summed E-state index contributed by atoms with van der Waals surface area (Å²) in [7, 11) is 0. The van der Waals surface area contributed by atoms with Gasteiger partial charge in [-0.1, -0.05) is 0 Å². The van der Waals surface area contributed by atoms with Crippen molar-refractivity contribution in [3.05, 3.63) is 0 Å². The normalized spacial score (nSPS) is 25.2. The van der Waals surface area contributed by atoms with Gasteiger partial charge in [0.15, 0.2) is 0 Å². The van der Waals surface area contributed by atoms with Gasteiger partial charge < -0.3 is 14.8 Å². The number of carbonyl (C=O) groups is 2. The van der Waals surface area contributed by atoms with Crippen molar-refractivity contribution in [3.8, 4) is 0 Å². The van der Waals surface area contributed by atoms with Crippen LogP contribution in [-0.2, 0) is 14.3 Å². The third-order valence-corrected chi connectivity index (χ3v) is 2.38. The third kappa shape index (κ3) is 3.48. The highest BCUT2D eigenvalue weighted by atomic mass is 16.7. The number of nitrogens with one attached hydrogen (secondary N) is 1. The Labute approximate surface area is 95.5 Å². The van der Waals surface area contributed by atoms with E-state index >= 15 is 0 Å². The van der Waals surface area contributed by atoms with Gasteiger partial charge >= 0.3 is 12.1 Å². The van der Waals surface area contributed by atoms with Gasteiger partial charge in [-0.05, 0) is 47.1 Å². The van der Waals surface area contributed by atoms with Crippen LogP contribution in [0.2, 0.25) is 0 Å². The molecule has 0 radical (unpaired) electrons. The zero-order valence-corrected chi connectivity index (χ0v) is 10.3. The maximum Gasteiger partial charge on any atom is 0.516 e. The molecule has 92 valence electrons. The van der Waals surface area contributed by atoms with Gasteiger partial charge in [0.2, 0.25) is 0 Å². The molecule has 1 aliphatic rings. The largest absolute Gasteiger partial charge is 0.516 e. The number of hydrogen-bond acceptors (Lipinski definition) is 5. The molecule has 1 fully saturated rings.